The third-order valence-corrected chi connectivity index (χ3v) is 6.89. The highest BCUT2D eigenvalue weighted by Gasteiger charge is 2.36. The van der Waals surface area contributed by atoms with E-state index in [0.717, 1.165) is 44.2 Å². The predicted molar refractivity (Wildman–Crippen MR) is 142 cm³/mol. The Morgan fingerprint density at radius 1 is 1.07 bits per heavy atom. The molecule has 0 heterocycles. The lowest BCUT2D eigenvalue weighted by Gasteiger charge is -2.35. The molecule has 0 spiro atoms. The number of ether oxygens (including phenoxy) is 4. The maximum Gasteiger partial charge on any atom is 0.420 e. The zero-order valence-electron chi connectivity index (χ0n) is 23.2. The second kappa shape index (κ2) is 13.8. The van der Waals surface area contributed by atoms with Crippen LogP contribution in [0.5, 0.6) is 11.5 Å². The topological polar surface area (TPSA) is 94.5 Å². The van der Waals surface area contributed by atoms with Gasteiger partial charge in [0.1, 0.15) is 12.0 Å². The molecule has 8 nitrogen and oxygen atoms in total. The fraction of sp³-hybridized carbons (Fsp3) is 0.448. The highest BCUT2D eigenvalue weighted by Crippen LogP contribution is 2.41. The Morgan fingerprint density at radius 3 is 2.24 bits per heavy atom. The molecular weight excluding hydrogens is 550 g/mol. The number of anilines is 1. The lowest BCUT2D eigenvalue weighted by Crippen LogP contribution is -2.43. The normalized spacial score (nSPS) is 15.5. The molecule has 0 atom stereocenters. The molecule has 0 unspecified atom stereocenters. The van der Waals surface area contributed by atoms with Crippen molar-refractivity contribution in [1.29, 1.82) is 0 Å². The summed E-state index contributed by atoms with van der Waals surface area (Å²) in [5.74, 6) is -3.29. The van der Waals surface area contributed by atoms with E-state index in [2.05, 4.69) is 6.92 Å². The molecule has 0 aliphatic heterocycles. The Bertz CT molecular complexity index is 1260. The van der Waals surface area contributed by atoms with Crippen LogP contribution in [0.2, 0.25) is 0 Å². The third-order valence-electron chi connectivity index (χ3n) is 6.89. The SMILES string of the molecule is COCC(COC)N(C(O)=C1CCC(C)CC1)c1cc(F)c(Oc2ccc(C=O)cc2C(F)(F)F)cc1C(=O)OC. The molecule has 2 aromatic rings. The van der Waals surface area contributed by atoms with Gasteiger partial charge in [-0.15, -0.1) is 0 Å². The molecule has 1 aliphatic rings. The van der Waals surface area contributed by atoms with E-state index in [1.54, 1.807) is 0 Å². The fourth-order valence-electron chi connectivity index (χ4n) is 4.71. The largest absolute Gasteiger partial charge is 0.494 e. The van der Waals surface area contributed by atoms with Crippen LogP contribution in [0.15, 0.2) is 41.8 Å². The van der Waals surface area contributed by atoms with Crippen molar-refractivity contribution in [3.05, 3.63) is 64.3 Å². The summed E-state index contributed by atoms with van der Waals surface area (Å²) >= 11 is 0. The van der Waals surface area contributed by atoms with Crippen LogP contribution < -0.4 is 9.64 Å². The van der Waals surface area contributed by atoms with E-state index in [1.807, 2.05) is 0 Å². The Labute approximate surface area is 235 Å². The molecule has 224 valence electrons. The first-order valence-electron chi connectivity index (χ1n) is 12.9. The maximum absolute atomic E-state index is 15.6. The Hall–Kier alpha value is -3.64. The van der Waals surface area contributed by atoms with Gasteiger partial charge in [-0.3, -0.25) is 4.79 Å². The molecule has 0 aromatic heterocycles. The summed E-state index contributed by atoms with van der Waals surface area (Å²) < 4.78 is 77.5. The molecule has 0 radical (unpaired) electrons. The van der Waals surface area contributed by atoms with Gasteiger partial charge in [0.2, 0.25) is 0 Å². The third kappa shape index (κ3) is 7.56. The van der Waals surface area contributed by atoms with Gasteiger partial charge in [0.15, 0.2) is 17.4 Å². The summed E-state index contributed by atoms with van der Waals surface area (Å²) in [5, 5.41) is 11.5. The lowest BCUT2D eigenvalue weighted by molar-refractivity contribution is -0.138. The maximum atomic E-state index is 15.6. The van der Waals surface area contributed by atoms with Crippen LogP contribution in [-0.4, -0.2) is 57.9 Å². The minimum absolute atomic E-state index is 0.0140. The minimum atomic E-state index is -4.92. The van der Waals surface area contributed by atoms with Crippen molar-refractivity contribution in [2.75, 3.05) is 39.4 Å². The van der Waals surface area contributed by atoms with Crippen LogP contribution in [0.25, 0.3) is 0 Å². The lowest BCUT2D eigenvalue weighted by atomic mass is 9.87. The number of carbonyl (C=O) groups excluding carboxylic acids is 2. The summed E-state index contributed by atoms with van der Waals surface area (Å²) in [5.41, 5.74) is -1.26. The fourth-order valence-corrected chi connectivity index (χ4v) is 4.71. The number of carbonyl (C=O) groups is 2. The van der Waals surface area contributed by atoms with Gasteiger partial charge in [-0.2, -0.15) is 13.2 Å². The summed E-state index contributed by atoms with van der Waals surface area (Å²) in [6.45, 7) is 2.13. The van der Waals surface area contributed by atoms with E-state index < -0.39 is 41.1 Å². The number of aliphatic hydroxyl groups excluding tert-OH is 1. The number of hydrogen-bond acceptors (Lipinski definition) is 8. The zero-order valence-corrected chi connectivity index (χ0v) is 23.2. The number of rotatable bonds is 11. The van der Waals surface area contributed by atoms with Crippen molar-refractivity contribution >= 4 is 17.9 Å². The van der Waals surface area contributed by atoms with Crippen molar-refractivity contribution in [3.63, 3.8) is 0 Å². The number of aliphatic hydroxyl groups is 1. The smallest absolute Gasteiger partial charge is 0.420 e. The average Bonchev–Trinajstić information content (AvgIpc) is 2.94. The second-order valence-corrected chi connectivity index (χ2v) is 9.81. The number of esters is 1. The van der Waals surface area contributed by atoms with Gasteiger partial charge in [-0.05, 0) is 55.4 Å². The highest BCUT2D eigenvalue weighted by molar-refractivity contribution is 5.97. The number of allylic oxidation sites excluding steroid dienone is 1. The number of aldehydes is 1. The van der Waals surface area contributed by atoms with Crippen LogP contribution in [0, 0.1) is 11.7 Å². The molecule has 1 aliphatic carbocycles. The Balaban J connectivity index is 2.20. The molecule has 1 saturated carbocycles. The van der Waals surface area contributed by atoms with Crippen LogP contribution in [0.1, 0.15) is 58.9 Å². The van der Waals surface area contributed by atoms with Crippen molar-refractivity contribution < 1.29 is 51.2 Å². The van der Waals surface area contributed by atoms with Crippen LogP contribution in [0.3, 0.4) is 0 Å². The van der Waals surface area contributed by atoms with Crippen molar-refractivity contribution in [2.45, 2.75) is 44.8 Å². The average molecular weight is 584 g/mol. The molecule has 1 fully saturated rings. The van der Waals surface area contributed by atoms with Gasteiger partial charge in [-0.25, -0.2) is 9.18 Å². The van der Waals surface area contributed by atoms with Crippen molar-refractivity contribution in [1.82, 2.24) is 0 Å². The Kier molecular flexibility index (Phi) is 10.7. The minimum Gasteiger partial charge on any atom is -0.494 e. The monoisotopic (exact) mass is 583 g/mol. The molecule has 41 heavy (non-hydrogen) atoms. The first-order valence-corrected chi connectivity index (χ1v) is 12.9. The van der Waals surface area contributed by atoms with Crippen LogP contribution in [0.4, 0.5) is 23.2 Å². The Morgan fingerprint density at radius 2 is 1.71 bits per heavy atom. The van der Waals surface area contributed by atoms with Crippen LogP contribution >= 0.6 is 0 Å². The van der Waals surface area contributed by atoms with E-state index in [-0.39, 0.29) is 42.2 Å². The predicted octanol–water partition coefficient (Wildman–Crippen LogP) is 6.68. The van der Waals surface area contributed by atoms with Crippen molar-refractivity contribution in [3.8, 4) is 11.5 Å². The van der Waals surface area contributed by atoms with Gasteiger partial charge < -0.3 is 29.0 Å². The number of benzene rings is 2. The number of alkyl halides is 3. The molecule has 2 aromatic carbocycles. The summed E-state index contributed by atoms with van der Waals surface area (Å²) in [6, 6.07) is 3.62. The molecule has 0 saturated heterocycles. The molecule has 3 rings (SSSR count). The van der Waals surface area contributed by atoms with Gasteiger partial charge >= 0.3 is 12.1 Å². The highest BCUT2D eigenvalue weighted by atomic mass is 19.4. The molecule has 12 heteroatoms. The number of methoxy groups -OCH3 is 3. The quantitative estimate of drug-likeness (QED) is 0.135. The van der Waals surface area contributed by atoms with E-state index >= 15 is 4.39 Å². The molecular formula is C29H33F4NO7. The molecule has 1 N–H and O–H groups in total. The number of hydrogen-bond donors (Lipinski definition) is 1. The zero-order chi connectivity index (χ0) is 30.3. The van der Waals surface area contributed by atoms with Gasteiger partial charge in [0.05, 0.1) is 43.2 Å². The molecule has 0 bridgehead atoms. The number of nitrogens with zero attached hydrogens (tertiary/aromatic N) is 1. The second-order valence-electron chi connectivity index (χ2n) is 9.81. The first-order chi connectivity index (χ1) is 19.4. The standard InChI is InChI=1S/C29H33F4NO7/c1-17-5-8-19(9-6-17)27(36)34(20(15-38-2)16-39-3)24-13-23(30)26(12-21(24)28(37)40-4)41-25-10-7-18(14-35)11-22(25)29(31,32)33/h7,10-14,17,20,36H,5-6,8-9,15-16H2,1-4H3. The van der Waals surface area contributed by atoms with E-state index in [1.165, 1.54) is 19.1 Å². The van der Waals surface area contributed by atoms with Gasteiger partial charge in [-0.1, -0.05) is 6.92 Å². The number of halogens is 4. The van der Waals surface area contributed by atoms with Gasteiger partial charge in [0, 0.05) is 31.9 Å². The summed E-state index contributed by atoms with van der Waals surface area (Å²) in [4.78, 5) is 25.3. The van der Waals surface area contributed by atoms with Crippen LogP contribution in [-0.2, 0) is 20.4 Å². The van der Waals surface area contributed by atoms with E-state index in [4.69, 9.17) is 18.9 Å². The first kappa shape index (κ1) is 31.9. The molecule has 0 amide bonds. The van der Waals surface area contributed by atoms with Crippen molar-refractivity contribution in [2.24, 2.45) is 5.92 Å². The summed E-state index contributed by atoms with van der Waals surface area (Å²) in [7, 11) is 3.95. The summed E-state index contributed by atoms with van der Waals surface area (Å²) in [6.07, 6.45) is -1.89. The van der Waals surface area contributed by atoms with E-state index in [9.17, 15) is 27.9 Å². The van der Waals surface area contributed by atoms with E-state index in [0.29, 0.717) is 30.4 Å². The van der Waals surface area contributed by atoms with Gasteiger partial charge in [0.25, 0.3) is 0 Å².